The molecule has 0 unspecified atom stereocenters. The molecule has 0 spiro atoms. The van der Waals surface area contributed by atoms with Crippen LogP contribution in [0.4, 0.5) is 11.4 Å². The fraction of sp³-hybridized carbons (Fsp3) is 0.161. The van der Waals surface area contributed by atoms with Gasteiger partial charge in [0, 0.05) is 42.5 Å². The van der Waals surface area contributed by atoms with Crippen LogP contribution in [0.5, 0.6) is 11.5 Å². The molecule has 0 amide bonds. The van der Waals surface area contributed by atoms with Crippen LogP contribution in [-0.2, 0) is 18.1 Å². The van der Waals surface area contributed by atoms with Gasteiger partial charge >= 0.3 is 7.82 Å². The van der Waals surface area contributed by atoms with Crippen LogP contribution in [0.2, 0.25) is 0 Å². The molecular formula is C31H27N2O12P. The van der Waals surface area contributed by atoms with Crippen molar-refractivity contribution in [3.63, 3.8) is 0 Å². The summed E-state index contributed by atoms with van der Waals surface area (Å²) in [6.45, 7) is -1.52. The van der Waals surface area contributed by atoms with Gasteiger partial charge in [0.2, 0.25) is 0 Å². The third kappa shape index (κ3) is 7.86. The highest BCUT2D eigenvalue weighted by atomic mass is 31.2. The highest BCUT2D eigenvalue weighted by Gasteiger charge is 2.29. The molecule has 0 heterocycles. The fourth-order valence-electron chi connectivity index (χ4n) is 4.36. The number of hydrogen-bond acceptors (Lipinski definition) is 12. The number of carbonyl (C=O) groups excluding carboxylic acids is 2. The summed E-state index contributed by atoms with van der Waals surface area (Å²) in [5.74, 6) is -0.415. The molecule has 0 aromatic heterocycles. The van der Waals surface area contributed by atoms with Gasteiger partial charge < -0.3 is 9.47 Å². The average Bonchev–Trinajstić information content (AvgIpc) is 3.09. The van der Waals surface area contributed by atoms with Gasteiger partial charge in [-0.3, -0.25) is 43.4 Å². The number of hydrogen-bond donors (Lipinski definition) is 0. The number of carbonyl (C=O) groups is 2. The summed E-state index contributed by atoms with van der Waals surface area (Å²) in [6.07, 6.45) is 0. The van der Waals surface area contributed by atoms with Crippen molar-refractivity contribution in [2.75, 3.05) is 34.5 Å². The lowest BCUT2D eigenvalue weighted by Gasteiger charge is -2.17. The fourth-order valence-corrected chi connectivity index (χ4v) is 5.20. The topological polar surface area (TPSA) is 184 Å². The zero-order valence-corrected chi connectivity index (χ0v) is 25.6. The number of non-ortho nitro benzene ring substituents is 2. The number of phosphoric ester groups is 1. The van der Waals surface area contributed by atoms with Gasteiger partial charge in [-0.2, -0.15) is 0 Å². The number of ketones is 2. The lowest BCUT2D eigenvalue weighted by atomic mass is 9.96. The molecule has 0 fully saturated rings. The van der Waals surface area contributed by atoms with Crippen molar-refractivity contribution in [2.45, 2.75) is 0 Å². The molecule has 0 bridgehead atoms. The van der Waals surface area contributed by atoms with Crippen LogP contribution in [0.15, 0.2) is 84.9 Å². The normalized spacial score (nSPS) is 11.1. The van der Waals surface area contributed by atoms with E-state index in [-0.39, 0.29) is 22.5 Å². The Morgan fingerprint density at radius 2 is 1.00 bits per heavy atom. The van der Waals surface area contributed by atoms with Gasteiger partial charge in [0.05, 0.1) is 24.1 Å². The number of nitrogens with zero attached hydrogens (tertiary/aromatic N) is 2. The predicted octanol–water partition coefficient (Wildman–Crippen LogP) is 6.71. The van der Waals surface area contributed by atoms with Crippen LogP contribution in [0.25, 0.3) is 22.3 Å². The Bertz CT molecular complexity index is 1700. The Morgan fingerprint density at radius 3 is 1.30 bits per heavy atom. The van der Waals surface area contributed by atoms with Gasteiger partial charge in [0.15, 0.2) is 11.6 Å². The number of methoxy groups -OCH3 is 2. The van der Waals surface area contributed by atoms with Crippen LogP contribution >= 0.6 is 7.82 Å². The molecule has 4 aromatic rings. The van der Waals surface area contributed by atoms with E-state index in [1.807, 2.05) is 0 Å². The minimum absolute atomic E-state index is 0.134. The van der Waals surface area contributed by atoms with Crippen molar-refractivity contribution in [1.82, 2.24) is 0 Å². The van der Waals surface area contributed by atoms with E-state index in [4.69, 9.17) is 23.0 Å². The molecule has 0 saturated heterocycles. The Hall–Kier alpha value is -5.27. The highest BCUT2D eigenvalue weighted by Crippen LogP contribution is 2.49. The largest absolute Gasteiger partial charge is 0.497 e. The smallest absolute Gasteiger partial charge is 0.475 e. The Morgan fingerprint density at radius 1 is 0.630 bits per heavy atom. The van der Waals surface area contributed by atoms with E-state index >= 15 is 0 Å². The van der Waals surface area contributed by atoms with Crippen molar-refractivity contribution in [1.29, 1.82) is 0 Å². The SMILES string of the molecule is COc1ccc(C(=O)COP(=O)(OC)OCC(=O)c2ccc(OC)cc2-c2ccc([N+](=O)[O-])cc2)c(-c2ccc([N+](=O)[O-])cc2)c1. The van der Waals surface area contributed by atoms with Crippen LogP contribution in [0.1, 0.15) is 20.7 Å². The molecular weight excluding hydrogens is 623 g/mol. The summed E-state index contributed by atoms with van der Waals surface area (Å²) >= 11 is 0. The molecule has 0 aliphatic rings. The number of rotatable bonds is 15. The van der Waals surface area contributed by atoms with Crippen molar-refractivity contribution in [2.24, 2.45) is 0 Å². The standard InChI is InChI=1S/C31H27N2O12P/c1-41-24-12-14-26(28(16-24)20-4-8-22(9-5-20)32(36)37)30(34)18-44-46(40,43-3)45-19-31(35)27-15-13-25(42-2)17-29(27)21-6-10-23(11-7-21)33(38)39/h4-17H,18-19H2,1-3H3. The molecule has 0 aliphatic heterocycles. The van der Waals surface area contributed by atoms with E-state index in [2.05, 4.69) is 0 Å². The minimum Gasteiger partial charge on any atom is -0.497 e. The Balaban J connectivity index is 1.50. The van der Waals surface area contributed by atoms with Crippen molar-refractivity contribution >= 4 is 30.8 Å². The zero-order chi connectivity index (χ0) is 33.4. The van der Waals surface area contributed by atoms with Gasteiger partial charge in [0.25, 0.3) is 11.4 Å². The van der Waals surface area contributed by atoms with Crippen molar-refractivity contribution in [3.05, 3.63) is 116 Å². The molecule has 14 nitrogen and oxygen atoms in total. The average molecular weight is 651 g/mol. The van der Waals surface area contributed by atoms with Gasteiger partial charge in [-0.05, 0) is 82.9 Å². The predicted molar refractivity (Wildman–Crippen MR) is 165 cm³/mol. The summed E-state index contributed by atoms with van der Waals surface area (Å²) in [5.41, 5.74) is 1.73. The molecule has 15 heteroatoms. The molecule has 46 heavy (non-hydrogen) atoms. The summed E-state index contributed by atoms with van der Waals surface area (Å²) in [5, 5.41) is 22.1. The second-order valence-electron chi connectivity index (χ2n) is 9.45. The number of nitro groups is 2. The molecule has 4 rings (SSSR count). The lowest BCUT2D eigenvalue weighted by molar-refractivity contribution is -0.385. The van der Waals surface area contributed by atoms with Crippen LogP contribution in [0.3, 0.4) is 0 Å². The Labute approximate surface area is 262 Å². The number of ether oxygens (including phenoxy) is 2. The van der Waals surface area contributed by atoms with Crippen molar-refractivity contribution in [3.8, 4) is 33.8 Å². The second-order valence-corrected chi connectivity index (χ2v) is 11.2. The number of phosphoric acid groups is 1. The maximum absolute atomic E-state index is 13.2. The third-order valence-corrected chi connectivity index (χ3v) is 8.10. The second kappa shape index (κ2) is 14.7. The molecule has 0 atom stereocenters. The summed E-state index contributed by atoms with van der Waals surface area (Å²) < 4.78 is 39.2. The first kappa shape index (κ1) is 33.6. The zero-order valence-electron chi connectivity index (χ0n) is 24.7. The maximum atomic E-state index is 13.2. The van der Waals surface area contributed by atoms with E-state index in [1.165, 1.54) is 87.0 Å². The van der Waals surface area contributed by atoms with Gasteiger partial charge in [-0.15, -0.1) is 0 Å². The lowest BCUT2D eigenvalue weighted by Crippen LogP contribution is -2.14. The quantitative estimate of drug-likeness (QED) is 0.0574. The first-order valence-corrected chi connectivity index (χ1v) is 14.8. The summed E-state index contributed by atoms with van der Waals surface area (Å²) in [7, 11) is -0.524. The van der Waals surface area contributed by atoms with E-state index in [0.29, 0.717) is 33.8 Å². The molecule has 0 aliphatic carbocycles. The first-order valence-electron chi connectivity index (χ1n) is 13.4. The Kier molecular flexibility index (Phi) is 10.7. The number of benzene rings is 4. The molecule has 0 radical (unpaired) electrons. The highest BCUT2D eigenvalue weighted by molar-refractivity contribution is 7.48. The number of nitro benzene ring substituents is 2. The van der Waals surface area contributed by atoms with E-state index in [9.17, 15) is 34.4 Å². The molecule has 0 saturated carbocycles. The summed E-state index contributed by atoms with van der Waals surface area (Å²) in [4.78, 5) is 47.5. The van der Waals surface area contributed by atoms with Gasteiger partial charge in [0.1, 0.15) is 24.7 Å². The van der Waals surface area contributed by atoms with Gasteiger partial charge in [-0.25, -0.2) is 4.57 Å². The third-order valence-electron chi connectivity index (χ3n) is 6.76. The number of Topliss-reactive ketones (excluding diaryl/α,β-unsaturated/α-hetero) is 2. The maximum Gasteiger partial charge on any atom is 0.475 e. The van der Waals surface area contributed by atoms with Crippen LogP contribution < -0.4 is 9.47 Å². The van der Waals surface area contributed by atoms with E-state index in [0.717, 1.165) is 7.11 Å². The van der Waals surface area contributed by atoms with Gasteiger partial charge in [-0.1, -0.05) is 0 Å². The molecule has 238 valence electrons. The molecule has 0 N–H and O–H groups in total. The molecule has 4 aromatic carbocycles. The van der Waals surface area contributed by atoms with Crippen LogP contribution in [-0.4, -0.2) is 56.0 Å². The first-order chi connectivity index (χ1) is 22.0. The van der Waals surface area contributed by atoms with Crippen molar-refractivity contribution < 1.29 is 47.0 Å². The summed E-state index contributed by atoms with van der Waals surface area (Å²) in [6, 6.07) is 20.2. The van der Waals surface area contributed by atoms with Crippen LogP contribution in [0, 0.1) is 20.2 Å². The monoisotopic (exact) mass is 650 g/mol. The van der Waals surface area contributed by atoms with E-state index in [1.54, 1.807) is 12.1 Å². The minimum atomic E-state index is -4.43. The van der Waals surface area contributed by atoms with E-state index < -0.39 is 42.4 Å².